The molecule has 12 heteroatoms. The molecule has 0 radical (unpaired) electrons. The Bertz CT molecular complexity index is 808. The van der Waals surface area contributed by atoms with Crippen LogP contribution in [0.1, 0.15) is 36.0 Å². The highest BCUT2D eigenvalue weighted by Gasteiger charge is 2.45. The quantitative estimate of drug-likeness (QED) is 0.339. The number of likely N-dealkylation sites (tertiary alicyclic amines) is 1. The van der Waals surface area contributed by atoms with E-state index in [2.05, 4.69) is 0 Å². The van der Waals surface area contributed by atoms with E-state index in [-0.39, 0.29) is 31.0 Å². The molecule has 1 saturated heterocycles. The van der Waals surface area contributed by atoms with Gasteiger partial charge in [-0.15, -0.1) is 0 Å². The number of hydrogen-bond donors (Lipinski definition) is 0. The zero-order valence-electron chi connectivity index (χ0n) is 16.1. The van der Waals surface area contributed by atoms with Gasteiger partial charge in [-0.3, -0.25) is 9.59 Å². The van der Waals surface area contributed by atoms with Crippen LogP contribution in [-0.2, 0) is 21.9 Å². The van der Waals surface area contributed by atoms with Gasteiger partial charge in [-0.05, 0) is 30.2 Å². The summed E-state index contributed by atoms with van der Waals surface area (Å²) in [6, 6.07) is 1.18. The molecule has 1 fully saturated rings. The molecule has 31 heavy (non-hydrogen) atoms. The van der Waals surface area contributed by atoms with Crippen molar-refractivity contribution < 1.29 is 44.7 Å². The monoisotopic (exact) mass is 458 g/mol. The molecule has 1 aromatic rings. The van der Waals surface area contributed by atoms with Crippen molar-refractivity contribution in [2.75, 3.05) is 19.6 Å². The fourth-order valence-electron chi connectivity index (χ4n) is 3.01. The van der Waals surface area contributed by atoms with Crippen molar-refractivity contribution in [2.45, 2.75) is 37.5 Å². The number of alkyl halides is 8. The van der Waals surface area contributed by atoms with Gasteiger partial charge in [0, 0.05) is 24.7 Å². The van der Waals surface area contributed by atoms with Crippen LogP contribution in [0, 0.1) is 0 Å². The first-order valence-corrected chi connectivity index (χ1v) is 9.01. The van der Waals surface area contributed by atoms with Crippen molar-refractivity contribution in [3.05, 3.63) is 47.2 Å². The molecular formula is C19H18F8N2O2. The summed E-state index contributed by atoms with van der Waals surface area (Å²) in [7, 11) is 0. The minimum Gasteiger partial charge on any atom is -0.327 e. The molecule has 1 unspecified atom stereocenters. The molecular weight excluding hydrogens is 440 g/mol. The number of amides is 2. The molecule has 1 aliphatic heterocycles. The van der Waals surface area contributed by atoms with Crippen LogP contribution in [-0.4, -0.2) is 47.7 Å². The molecule has 1 heterocycles. The summed E-state index contributed by atoms with van der Waals surface area (Å²) in [5, 5.41) is 0. The fraction of sp³-hybridized carbons (Fsp3) is 0.474. The van der Waals surface area contributed by atoms with Crippen molar-refractivity contribution in [2.24, 2.45) is 0 Å². The Morgan fingerprint density at radius 1 is 1.10 bits per heavy atom. The number of hydrogen-bond acceptors (Lipinski definition) is 2. The number of carbonyl (C=O) groups is 2. The molecule has 172 valence electrons. The van der Waals surface area contributed by atoms with E-state index >= 15 is 0 Å². The lowest BCUT2D eigenvalue weighted by Crippen LogP contribution is -2.58. The van der Waals surface area contributed by atoms with Gasteiger partial charge in [0.05, 0.1) is 24.2 Å². The Hall–Kier alpha value is -2.66. The Morgan fingerprint density at radius 2 is 1.61 bits per heavy atom. The average molecular weight is 458 g/mol. The minimum atomic E-state index is -5.01. The third-order valence-electron chi connectivity index (χ3n) is 4.71. The highest BCUT2D eigenvalue weighted by atomic mass is 19.4. The van der Waals surface area contributed by atoms with Crippen molar-refractivity contribution in [1.82, 2.24) is 9.80 Å². The maximum Gasteiger partial charge on any atom is 0.416 e. The molecule has 2 rings (SSSR count). The van der Waals surface area contributed by atoms with Gasteiger partial charge in [0.1, 0.15) is 0 Å². The molecule has 2 amide bonds. The van der Waals surface area contributed by atoms with Gasteiger partial charge < -0.3 is 9.80 Å². The predicted octanol–water partition coefficient (Wildman–Crippen LogP) is 4.67. The molecule has 0 saturated carbocycles. The van der Waals surface area contributed by atoms with E-state index in [0.717, 1.165) is 22.1 Å². The number of rotatable bonds is 7. The van der Waals surface area contributed by atoms with E-state index in [1.807, 2.05) is 0 Å². The van der Waals surface area contributed by atoms with E-state index in [4.69, 9.17) is 0 Å². The molecule has 0 N–H and O–H groups in total. The number of nitrogens with zero attached hydrogens (tertiary/aromatic N) is 2. The molecule has 0 aliphatic carbocycles. The van der Waals surface area contributed by atoms with Crippen LogP contribution in [0.5, 0.6) is 0 Å². The SMILES string of the molecule is CCC(CN(C=O)/C=C\C(=O)N1CC(F)(F)C1)c1cc(C(F)(F)F)cc(C(F)(F)F)c1. The molecule has 0 aromatic heterocycles. The maximum atomic E-state index is 13.1. The largest absolute Gasteiger partial charge is 0.416 e. The molecule has 0 spiro atoms. The standard InChI is InChI=1S/C19H18F8N2O2/c1-2-12(8-28(11-30)4-3-16(31)29-9-17(20,21)10-29)13-5-14(18(22,23)24)7-15(6-13)19(25,26)27/h3-7,11-12H,2,8-10H2,1H3/b4-3-. The average Bonchev–Trinajstić information content (AvgIpc) is 2.64. The Balaban J connectivity index is 2.23. The van der Waals surface area contributed by atoms with Gasteiger partial charge in [-0.1, -0.05) is 6.92 Å². The van der Waals surface area contributed by atoms with E-state index in [9.17, 15) is 44.7 Å². The second kappa shape index (κ2) is 8.83. The summed E-state index contributed by atoms with van der Waals surface area (Å²) in [6.07, 6.45) is -7.91. The summed E-state index contributed by atoms with van der Waals surface area (Å²) in [5.41, 5.74) is -3.23. The lowest BCUT2D eigenvalue weighted by molar-refractivity contribution is -0.160. The third kappa shape index (κ3) is 6.41. The summed E-state index contributed by atoms with van der Waals surface area (Å²) in [4.78, 5) is 24.7. The van der Waals surface area contributed by atoms with Crippen LogP contribution >= 0.6 is 0 Å². The molecule has 1 aliphatic rings. The topological polar surface area (TPSA) is 40.6 Å². The van der Waals surface area contributed by atoms with Gasteiger partial charge in [-0.2, -0.15) is 26.3 Å². The minimum absolute atomic E-state index is 0.00905. The summed E-state index contributed by atoms with van der Waals surface area (Å²) in [6.45, 7) is -0.366. The van der Waals surface area contributed by atoms with E-state index in [0.29, 0.717) is 12.1 Å². The molecule has 1 aromatic carbocycles. The maximum absolute atomic E-state index is 13.1. The lowest BCUT2D eigenvalue weighted by atomic mass is 9.92. The number of benzene rings is 1. The fourth-order valence-corrected chi connectivity index (χ4v) is 3.01. The Labute approximate surface area is 172 Å². The Kier molecular flexibility index (Phi) is 7.01. The van der Waals surface area contributed by atoms with Crippen LogP contribution < -0.4 is 0 Å². The molecule has 1 atom stereocenters. The normalized spacial score (nSPS) is 17.4. The van der Waals surface area contributed by atoms with E-state index < -0.39 is 54.3 Å². The van der Waals surface area contributed by atoms with Gasteiger partial charge in [0.25, 0.3) is 5.92 Å². The first kappa shape index (κ1) is 24.6. The van der Waals surface area contributed by atoms with Crippen LogP contribution in [0.25, 0.3) is 0 Å². The highest BCUT2D eigenvalue weighted by molar-refractivity contribution is 5.88. The van der Waals surface area contributed by atoms with Gasteiger partial charge in [-0.25, -0.2) is 8.78 Å². The second-order valence-electron chi connectivity index (χ2n) is 7.11. The molecule has 0 bridgehead atoms. The smallest absolute Gasteiger partial charge is 0.327 e. The van der Waals surface area contributed by atoms with Gasteiger partial charge in [0.15, 0.2) is 0 Å². The first-order chi connectivity index (χ1) is 14.2. The highest BCUT2D eigenvalue weighted by Crippen LogP contribution is 2.38. The zero-order chi connectivity index (χ0) is 23.6. The zero-order valence-corrected chi connectivity index (χ0v) is 16.1. The van der Waals surface area contributed by atoms with Crippen molar-refractivity contribution in [3.8, 4) is 0 Å². The predicted molar refractivity (Wildman–Crippen MR) is 92.9 cm³/mol. The van der Waals surface area contributed by atoms with E-state index in [1.165, 1.54) is 6.92 Å². The Morgan fingerprint density at radius 3 is 2.00 bits per heavy atom. The third-order valence-corrected chi connectivity index (χ3v) is 4.71. The van der Waals surface area contributed by atoms with Crippen LogP contribution in [0.3, 0.4) is 0 Å². The number of carbonyl (C=O) groups excluding carboxylic acids is 2. The van der Waals surface area contributed by atoms with Crippen LogP contribution in [0.15, 0.2) is 30.5 Å². The van der Waals surface area contributed by atoms with Crippen LogP contribution in [0.4, 0.5) is 35.1 Å². The van der Waals surface area contributed by atoms with Crippen molar-refractivity contribution >= 4 is 12.3 Å². The van der Waals surface area contributed by atoms with Gasteiger partial charge in [0.2, 0.25) is 12.3 Å². The molecule has 4 nitrogen and oxygen atoms in total. The van der Waals surface area contributed by atoms with Crippen LogP contribution in [0.2, 0.25) is 0 Å². The summed E-state index contributed by atoms with van der Waals surface area (Å²) in [5.74, 6) is -4.70. The van der Waals surface area contributed by atoms with E-state index in [1.54, 1.807) is 0 Å². The van der Waals surface area contributed by atoms with Crippen molar-refractivity contribution in [1.29, 1.82) is 0 Å². The second-order valence-corrected chi connectivity index (χ2v) is 7.11. The van der Waals surface area contributed by atoms with Crippen molar-refractivity contribution in [3.63, 3.8) is 0 Å². The first-order valence-electron chi connectivity index (χ1n) is 9.01. The van der Waals surface area contributed by atoms with Gasteiger partial charge >= 0.3 is 12.4 Å². The summed E-state index contributed by atoms with van der Waals surface area (Å²) < 4.78 is 104. The number of halogens is 8. The summed E-state index contributed by atoms with van der Waals surface area (Å²) >= 11 is 0. The lowest BCUT2D eigenvalue weighted by Gasteiger charge is -2.38.